The summed E-state index contributed by atoms with van der Waals surface area (Å²) in [6.45, 7) is 0.913. The molecule has 10 heteroatoms. The average molecular weight is 478 g/mol. The van der Waals surface area contributed by atoms with Crippen LogP contribution in [0.5, 0.6) is 0 Å². The van der Waals surface area contributed by atoms with E-state index >= 15 is 0 Å². The molecule has 0 radical (unpaired) electrons. The minimum Gasteiger partial charge on any atom is -0.353 e. The van der Waals surface area contributed by atoms with Crippen molar-refractivity contribution in [1.29, 1.82) is 0 Å². The Labute approximate surface area is 189 Å². The van der Waals surface area contributed by atoms with Crippen LogP contribution in [0.2, 0.25) is 0 Å². The summed E-state index contributed by atoms with van der Waals surface area (Å²) in [4.78, 5) is 14.9. The first-order chi connectivity index (χ1) is 15.3. The van der Waals surface area contributed by atoms with Crippen molar-refractivity contribution in [3.05, 3.63) is 65.7 Å². The molecule has 32 heavy (non-hydrogen) atoms. The number of anilines is 1. The highest BCUT2D eigenvalue weighted by atomic mass is 32.2. The highest BCUT2D eigenvalue weighted by Gasteiger charge is 2.33. The maximum Gasteiger partial charge on any atom is 0.241 e. The van der Waals surface area contributed by atoms with Gasteiger partial charge in [-0.15, -0.1) is 0 Å². The van der Waals surface area contributed by atoms with E-state index in [1.807, 2.05) is 53.4 Å². The van der Waals surface area contributed by atoms with Crippen LogP contribution in [0.15, 0.2) is 54.6 Å². The van der Waals surface area contributed by atoms with Gasteiger partial charge in [-0.3, -0.25) is 14.0 Å². The number of carbonyl (C=O) groups is 1. The highest BCUT2D eigenvalue weighted by Crippen LogP contribution is 2.30. The van der Waals surface area contributed by atoms with E-state index in [1.54, 1.807) is 6.07 Å². The van der Waals surface area contributed by atoms with Gasteiger partial charge in [0.2, 0.25) is 15.9 Å². The van der Waals surface area contributed by atoms with Crippen LogP contribution in [0.3, 0.4) is 0 Å². The zero-order valence-corrected chi connectivity index (χ0v) is 19.3. The molecule has 4 rings (SSSR count). The molecule has 0 aliphatic carbocycles. The SMILES string of the molecule is O=C(NCCS(=O)(=O)N1CCc2ccccc21)C(c1ccccc1)N1CCS(=O)(=O)CC1. The molecule has 2 aromatic rings. The van der Waals surface area contributed by atoms with Gasteiger partial charge in [-0.1, -0.05) is 48.5 Å². The maximum absolute atomic E-state index is 13.1. The first kappa shape index (κ1) is 22.8. The summed E-state index contributed by atoms with van der Waals surface area (Å²) in [5.74, 6) is -0.519. The summed E-state index contributed by atoms with van der Waals surface area (Å²) < 4.78 is 50.8. The van der Waals surface area contributed by atoms with Crippen molar-refractivity contribution in [1.82, 2.24) is 10.2 Å². The Morgan fingerprint density at radius 2 is 1.62 bits per heavy atom. The Morgan fingerprint density at radius 1 is 0.969 bits per heavy atom. The van der Waals surface area contributed by atoms with E-state index in [0.29, 0.717) is 18.7 Å². The van der Waals surface area contributed by atoms with Crippen LogP contribution in [-0.4, -0.2) is 71.1 Å². The van der Waals surface area contributed by atoms with Crippen molar-refractivity contribution in [2.75, 3.05) is 47.7 Å². The lowest BCUT2D eigenvalue weighted by Crippen LogP contribution is -2.48. The number of sulfonamides is 1. The van der Waals surface area contributed by atoms with Gasteiger partial charge in [0.25, 0.3) is 0 Å². The van der Waals surface area contributed by atoms with Crippen molar-refractivity contribution in [2.45, 2.75) is 12.5 Å². The number of fused-ring (bicyclic) bond motifs is 1. The molecule has 1 unspecified atom stereocenters. The van der Waals surface area contributed by atoms with Gasteiger partial charge in [0.15, 0.2) is 9.84 Å². The lowest BCUT2D eigenvalue weighted by molar-refractivity contribution is -0.126. The predicted molar refractivity (Wildman–Crippen MR) is 124 cm³/mol. The van der Waals surface area contributed by atoms with Crippen LogP contribution >= 0.6 is 0 Å². The number of nitrogens with one attached hydrogen (secondary N) is 1. The number of carbonyl (C=O) groups excluding carboxylic acids is 1. The number of para-hydroxylation sites is 1. The average Bonchev–Trinajstić information content (AvgIpc) is 3.21. The fraction of sp³-hybridized carbons (Fsp3) is 0.409. The summed E-state index contributed by atoms with van der Waals surface area (Å²) in [6, 6.07) is 15.9. The lowest BCUT2D eigenvalue weighted by atomic mass is 10.0. The minimum absolute atomic E-state index is 0.00631. The van der Waals surface area contributed by atoms with E-state index in [1.165, 1.54) is 4.31 Å². The molecule has 1 saturated heterocycles. The molecule has 0 bridgehead atoms. The van der Waals surface area contributed by atoms with E-state index < -0.39 is 25.9 Å². The second-order valence-electron chi connectivity index (χ2n) is 8.06. The Balaban J connectivity index is 1.43. The molecule has 2 heterocycles. The standard InChI is InChI=1S/C22H27N3O5S2/c26-22(21(19-7-2-1-3-8-19)24-13-16-31(27,28)17-14-24)23-11-15-32(29,30)25-12-10-18-6-4-5-9-20(18)25/h1-9,21H,10-17H2,(H,23,26). The monoisotopic (exact) mass is 477 g/mol. The van der Waals surface area contributed by atoms with Crippen LogP contribution in [0.1, 0.15) is 17.2 Å². The number of hydrogen-bond acceptors (Lipinski definition) is 6. The Kier molecular flexibility index (Phi) is 6.55. The normalized spacial score (nSPS) is 19.3. The third-order valence-electron chi connectivity index (χ3n) is 5.95. The van der Waals surface area contributed by atoms with Crippen LogP contribution in [0.25, 0.3) is 0 Å². The fourth-order valence-electron chi connectivity index (χ4n) is 4.26. The number of nitrogens with zero attached hydrogens (tertiary/aromatic N) is 2. The molecular formula is C22H27N3O5S2. The van der Waals surface area contributed by atoms with E-state index in [0.717, 1.165) is 11.1 Å². The molecule has 8 nitrogen and oxygen atoms in total. The van der Waals surface area contributed by atoms with Gasteiger partial charge in [0.05, 0.1) is 22.9 Å². The summed E-state index contributed by atoms with van der Waals surface area (Å²) in [7, 11) is -6.66. The van der Waals surface area contributed by atoms with Gasteiger partial charge in [-0.05, 0) is 23.6 Å². The topological polar surface area (TPSA) is 104 Å². The van der Waals surface area contributed by atoms with Crippen molar-refractivity contribution in [3.8, 4) is 0 Å². The fourth-order valence-corrected chi connectivity index (χ4v) is 6.91. The van der Waals surface area contributed by atoms with Crippen molar-refractivity contribution in [3.63, 3.8) is 0 Å². The third-order valence-corrected chi connectivity index (χ3v) is 9.33. The van der Waals surface area contributed by atoms with Gasteiger partial charge in [-0.25, -0.2) is 16.8 Å². The van der Waals surface area contributed by atoms with Crippen molar-refractivity contribution < 1.29 is 21.6 Å². The molecule has 172 valence electrons. The number of sulfone groups is 1. The predicted octanol–water partition coefficient (Wildman–Crippen LogP) is 0.967. The van der Waals surface area contributed by atoms with Gasteiger partial charge in [0.1, 0.15) is 6.04 Å². The number of rotatable bonds is 7. The molecule has 1 atom stereocenters. The van der Waals surface area contributed by atoms with E-state index in [2.05, 4.69) is 5.32 Å². The van der Waals surface area contributed by atoms with Gasteiger partial charge < -0.3 is 5.32 Å². The zero-order chi connectivity index (χ0) is 22.8. The molecule has 1 amide bonds. The smallest absolute Gasteiger partial charge is 0.241 e. The number of amides is 1. The lowest BCUT2D eigenvalue weighted by Gasteiger charge is -2.33. The first-order valence-electron chi connectivity index (χ1n) is 10.6. The quantitative estimate of drug-likeness (QED) is 0.637. The molecule has 0 spiro atoms. The van der Waals surface area contributed by atoms with Crippen LogP contribution in [0, 0.1) is 0 Å². The number of benzene rings is 2. The second kappa shape index (κ2) is 9.21. The summed E-state index contributed by atoms with van der Waals surface area (Å²) in [5, 5.41) is 2.77. The molecule has 2 aliphatic rings. The van der Waals surface area contributed by atoms with Crippen LogP contribution < -0.4 is 9.62 Å². The van der Waals surface area contributed by atoms with Gasteiger partial charge >= 0.3 is 0 Å². The van der Waals surface area contributed by atoms with E-state index in [9.17, 15) is 21.6 Å². The Bertz CT molecular complexity index is 1170. The van der Waals surface area contributed by atoms with Crippen molar-refractivity contribution in [2.24, 2.45) is 0 Å². The highest BCUT2D eigenvalue weighted by molar-refractivity contribution is 7.92. The van der Waals surface area contributed by atoms with E-state index in [-0.39, 0.29) is 42.8 Å². The van der Waals surface area contributed by atoms with Crippen LogP contribution in [-0.2, 0) is 31.1 Å². The second-order valence-corrected chi connectivity index (χ2v) is 12.4. The molecule has 2 aliphatic heterocycles. The molecule has 0 saturated carbocycles. The number of hydrogen-bond donors (Lipinski definition) is 1. The maximum atomic E-state index is 13.1. The first-order valence-corrected chi connectivity index (χ1v) is 14.1. The molecule has 2 aromatic carbocycles. The largest absolute Gasteiger partial charge is 0.353 e. The van der Waals surface area contributed by atoms with Gasteiger partial charge in [0, 0.05) is 26.2 Å². The summed E-state index contributed by atoms with van der Waals surface area (Å²) in [5.41, 5.74) is 2.46. The molecule has 0 aromatic heterocycles. The molecule has 1 N–H and O–H groups in total. The third kappa shape index (κ3) is 4.97. The summed E-state index contributed by atoms with van der Waals surface area (Å²) >= 11 is 0. The minimum atomic E-state index is -3.57. The molecular weight excluding hydrogens is 450 g/mol. The summed E-state index contributed by atoms with van der Waals surface area (Å²) in [6.07, 6.45) is 0.676. The van der Waals surface area contributed by atoms with E-state index in [4.69, 9.17) is 0 Å². The zero-order valence-electron chi connectivity index (χ0n) is 17.7. The van der Waals surface area contributed by atoms with Crippen LogP contribution in [0.4, 0.5) is 5.69 Å². The molecule has 1 fully saturated rings. The van der Waals surface area contributed by atoms with Gasteiger partial charge in [-0.2, -0.15) is 0 Å². The Hall–Kier alpha value is -2.43. The van der Waals surface area contributed by atoms with Crippen molar-refractivity contribution >= 4 is 31.5 Å². The Morgan fingerprint density at radius 3 is 2.34 bits per heavy atom.